The number of likely N-dealkylation sites (N-methyl/N-ethyl adjacent to an activating group) is 1. The van der Waals surface area contributed by atoms with E-state index in [0.717, 1.165) is 24.9 Å². The van der Waals surface area contributed by atoms with Gasteiger partial charge in [-0.3, -0.25) is 0 Å². The molecule has 0 aliphatic carbocycles. The van der Waals surface area contributed by atoms with Crippen molar-refractivity contribution in [3.63, 3.8) is 0 Å². The zero-order valence-electron chi connectivity index (χ0n) is 8.98. The Balaban J connectivity index is 2.32. The normalized spacial score (nSPS) is 27.9. The Morgan fingerprint density at radius 2 is 2.40 bits per heavy atom. The maximum Gasteiger partial charge on any atom is 0.129 e. The van der Waals surface area contributed by atoms with Crippen LogP contribution in [0.1, 0.15) is 18.4 Å². The van der Waals surface area contributed by atoms with Crippen LogP contribution in [0.2, 0.25) is 0 Å². The maximum atomic E-state index is 10.5. The highest BCUT2D eigenvalue weighted by atomic mass is 16.3. The van der Waals surface area contributed by atoms with Crippen molar-refractivity contribution in [3.05, 3.63) is 23.9 Å². The van der Waals surface area contributed by atoms with Gasteiger partial charge in [0.25, 0.3) is 0 Å². The molecule has 1 aliphatic rings. The lowest BCUT2D eigenvalue weighted by Crippen LogP contribution is -2.44. The summed E-state index contributed by atoms with van der Waals surface area (Å²) < 4.78 is 0. The number of anilines is 1. The van der Waals surface area contributed by atoms with Gasteiger partial charge in [-0.1, -0.05) is 6.07 Å². The lowest BCUT2D eigenvalue weighted by atomic mass is 9.86. The van der Waals surface area contributed by atoms with Gasteiger partial charge in [0.15, 0.2) is 0 Å². The number of nitrogens with two attached hydrogens (primary N) is 1. The Kier molecular flexibility index (Phi) is 2.63. The van der Waals surface area contributed by atoms with E-state index in [1.54, 1.807) is 6.20 Å². The third-order valence-electron chi connectivity index (χ3n) is 3.00. The Morgan fingerprint density at radius 1 is 1.60 bits per heavy atom. The number of nitrogen functional groups attached to an aromatic ring is 1. The first kappa shape index (κ1) is 10.4. The first-order chi connectivity index (χ1) is 7.12. The lowest BCUT2D eigenvalue weighted by molar-refractivity contribution is -0.0273. The van der Waals surface area contributed by atoms with Gasteiger partial charge in [-0.25, -0.2) is 4.98 Å². The van der Waals surface area contributed by atoms with Crippen LogP contribution in [-0.2, 0) is 5.60 Å². The minimum Gasteiger partial charge on any atom is -0.384 e. The minimum atomic E-state index is -0.828. The molecule has 1 atom stereocenters. The van der Waals surface area contributed by atoms with Gasteiger partial charge in [0.1, 0.15) is 11.4 Å². The molecule has 1 aromatic heterocycles. The average Bonchev–Trinajstić information content (AvgIpc) is 2.17. The number of aromatic nitrogens is 1. The van der Waals surface area contributed by atoms with Gasteiger partial charge in [-0.15, -0.1) is 0 Å². The van der Waals surface area contributed by atoms with Crippen LogP contribution in [0.25, 0.3) is 0 Å². The zero-order chi connectivity index (χ0) is 10.9. The van der Waals surface area contributed by atoms with Crippen LogP contribution in [0.3, 0.4) is 0 Å². The predicted octanol–water partition coefficient (Wildman–Crippen LogP) is 0.577. The third-order valence-corrected chi connectivity index (χ3v) is 3.00. The highest BCUT2D eigenvalue weighted by molar-refractivity contribution is 5.43. The molecule has 1 saturated heterocycles. The molecule has 4 heteroatoms. The molecule has 0 saturated carbocycles. The molecular formula is C11H17N3O. The largest absolute Gasteiger partial charge is 0.384 e. The second kappa shape index (κ2) is 3.79. The monoisotopic (exact) mass is 207 g/mol. The zero-order valence-corrected chi connectivity index (χ0v) is 8.98. The van der Waals surface area contributed by atoms with E-state index in [0.29, 0.717) is 12.4 Å². The molecule has 0 aromatic carbocycles. The van der Waals surface area contributed by atoms with E-state index in [4.69, 9.17) is 5.73 Å². The molecule has 1 fully saturated rings. The SMILES string of the molecule is CN1CCCC(O)(c2cccnc2N)C1. The van der Waals surface area contributed by atoms with Crippen molar-refractivity contribution in [3.8, 4) is 0 Å². The first-order valence-electron chi connectivity index (χ1n) is 5.24. The van der Waals surface area contributed by atoms with Gasteiger partial charge in [0.2, 0.25) is 0 Å². The van der Waals surface area contributed by atoms with Gasteiger partial charge >= 0.3 is 0 Å². The average molecular weight is 207 g/mol. The highest BCUT2D eigenvalue weighted by Crippen LogP contribution is 2.33. The van der Waals surface area contributed by atoms with E-state index in [2.05, 4.69) is 9.88 Å². The molecule has 0 amide bonds. The van der Waals surface area contributed by atoms with Crippen LogP contribution in [0.4, 0.5) is 5.82 Å². The topological polar surface area (TPSA) is 62.4 Å². The molecule has 2 rings (SSSR count). The summed E-state index contributed by atoms with van der Waals surface area (Å²) >= 11 is 0. The van der Waals surface area contributed by atoms with Gasteiger partial charge in [-0.2, -0.15) is 0 Å². The molecule has 15 heavy (non-hydrogen) atoms. The van der Waals surface area contributed by atoms with E-state index in [1.807, 2.05) is 19.2 Å². The fourth-order valence-corrected chi connectivity index (χ4v) is 2.28. The van der Waals surface area contributed by atoms with Crippen LogP contribution in [-0.4, -0.2) is 35.1 Å². The Morgan fingerprint density at radius 3 is 3.07 bits per heavy atom. The van der Waals surface area contributed by atoms with Crippen molar-refractivity contribution < 1.29 is 5.11 Å². The standard InChI is InChI=1S/C11H17N3O/c1-14-7-3-5-11(15,8-14)9-4-2-6-13-10(9)12/h2,4,6,15H,3,5,7-8H2,1H3,(H2,12,13). The van der Waals surface area contributed by atoms with E-state index in [1.165, 1.54) is 0 Å². The number of piperidine rings is 1. The number of pyridine rings is 1. The number of aliphatic hydroxyl groups is 1. The van der Waals surface area contributed by atoms with E-state index in [9.17, 15) is 5.11 Å². The molecule has 4 nitrogen and oxygen atoms in total. The van der Waals surface area contributed by atoms with E-state index in [-0.39, 0.29) is 0 Å². The van der Waals surface area contributed by atoms with Crippen molar-refractivity contribution in [2.24, 2.45) is 0 Å². The minimum absolute atomic E-state index is 0.440. The molecule has 0 bridgehead atoms. The molecule has 1 aromatic rings. The maximum absolute atomic E-state index is 10.5. The Bertz CT molecular complexity index is 355. The van der Waals surface area contributed by atoms with Crippen LogP contribution in [0.15, 0.2) is 18.3 Å². The second-order valence-corrected chi connectivity index (χ2v) is 4.31. The number of β-amino-alcohol motifs (C(OH)–C–C–N with tert-alkyl or cyclic N) is 1. The fourth-order valence-electron chi connectivity index (χ4n) is 2.28. The lowest BCUT2D eigenvalue weighted by Gasteiger charge is -2.37. The molecule has 1 unspecified atom stereocenters. The van der Waals surface area contributed by atoms with Gasteiger partial charge in [0.05, 0.1) is 0 Å². The molecule has 2 heterocycles. The van der Waals surface area contributed by atoms with Crippen LogP contribution >= 0.6 is 0 Å². The number of hydrogen-bond acceptors (Lipinski definition) is 4. The van der Waals surface area contributed by atoms with Crippen LogP contribution in [0, 0.1) is 0 Å². The predicted molar refractivity (Wildman–Crippen MR) is 59.3 cm³/mol. The van der Waals surface area contributed by atoms with Crippen molar-refractivity contribution in [2.75, 3.05) is 25.9 Å². The first-order valence-corrected chi connectivity index (χ1v) is 5.24. The Labute approximate surface area is 89.7 Å². The van der Waals surface area contributed by atoms with Crippen molar-refractivity contribution in [1.29, 1.82) is 0 Å². The molecular weight excluding hydrogens is 190 g/mol. The number of likely N-dealkylation sites (tertiary alicyclic amines) is 1. The fraction of sp³-hybridized carbons (Fsp3) is 0.545. The van der Waals surface area contributed by atoms with Crippen LogP contribution in [0.5, 0.6) is 0 Å². The van der Waals surface area contributed by atoms with Gasteiger partial charge < -0.3 is 15.7 Å². The second-order valence-electron chi connectivity index (χ2n) is 4.31. The Hall–Kier alpha value is -1.13. The van der Waals surface area contributed by atoms with E-state index < -0.39 is 5.60 Å². The summed E-state index contributed by atoms with van der Waals surface area (Å²) in [7, 11) is 2.01. The smallest absolute Gasteiger partial charge is 0.129 e. The number of hydrogen-bond donors (Lipinski definition) is 2. The summed E-state index contributed by atoms with van der Waals surface area (Å²) in [6.07, 6.45) is 3.39. The summed E-state index contributed by atoms with van der Waals surface area (Å²) in [6, 6.07) is 3.68. The van der Waals surface area contributed by atoms with Gasteiger partial charge in [0, 0.05) is 18.3 Å². The summed E-state index contributed by atoms with van der Waals surface area (Å²) in [5, 5.41) is 10.5. The van der Waals surface area contributed by atoms with Crippen molar-refractivity contribution in [1.82, 2.24) is 9.88 Å². The summed E-state index contributed by atoms with van der Waals surface area (Å²) in [5.41, 5.74) is 5.73. The molecule has 1 aliphatic heterocycles. The van der Waals surface area contributed by atoms with Gasteiger partial charge in [-0.05, 0) is 32.5 Å². The highest BCUT2D eigenvalue weighted by Gasteiger charge is 2.35. The van der Waals surface area contributed by atoms with E-state index >= 15 is 0 Å². The quantitative estimate of drug-likeness (QED) is 0.707. The van der Waals surface area contributed by atoms with Crippen molar-refractivity contribution >= 4 is 5.82 Å². The summed E-state index contributed by atoms with van der Waals surface area (Å²) in [6.45, 7) is 1.66. The molecule has 0 radical (unpaired) electrons. The number of rotatable bonds is 1. The molecule has 3 N–H and O–H groups in total. The molecule has 82 valence electrons. The number of nitrogens with zero attached hydrogens (tertiary/aromatic N) is 2. The summed E-state index contributed by atoms with van der Waals surface area (Å²) in [5.74, 6) is 0.440. The molecule has 0 spiro atoms. The van der Waals surface area contributed by atoms with Crippen LogP contribution < -0.4 is 5.73 Å². The summed E-state index contributed by atoms with van der Waals surface area (Å²) in [4.78, 5) is 6.14. The van der Waals surface area contributed by atoms with Crippen molar-refractivity contribution in [2.45, 2.75) is 18.4 Å². The third kappa shape index (κ3) is 1.96.